The molecule has 0 fully saturated rings. The summed E-state index contributed by atoms with van der Waals surface area (Å²) in [6.45, 7) is 3.49. The fourth-order valence-electron chi connectivity index (χ4n) is 1.42. The summed E-state index contributed by atoms with van der Waals surface area (Å²) < 4.78 is 9.65. The molecule has 1 aromatic rings. The highest BCUT2D eigenvalue weighted by molar-refractivity contribution is 6.32. The van der Waals surface area contributed by atoms with Gasteiger partial charge in [-0.3, -0.25) is 4.79 Å². The molecular formula is C14H19ClN2O4. The van der Waals surface area contributed by atoms with Gasteiger partial charge in [0.1, 0.15) is 5.75 Å². The lowest BCUT2D eigenvalue weighted by Crippen LogP contribution is -2.39. The van der Waals surface area contributed by atoms with Crippen LogP contribution in [-0.2, 0) is 14.3 Å². The van der Waals surface area contributed by atoms with Gasteiger partial charge in [0, 0.05) is 5.69 Å². The largest absolute Gasteiger partial charge is 0.480 e. The van der Waals surface area contributed by atoms with Gasteiger partial charge < -0.3 is 20.5 Å². The van der Waals surface area contributed by atoms with Crippen LogP contribution < -0.4 is 15.8 Å². The van der Waals surface area contributed by atoms with E-state index in [0.717, 1.165) is 0 Å². The summed E-state index contributed by atoms with van der Waals surface area (Å²) in [4.78, 5) is 22.8. The van der Waals surface area contributed by atoms with E-state index in [-0.39, 0.29) is 23.5 Å². The lowest BCUT2D eigenvalue weighted by molar-refractivity contribution is -0.142. The highest BCUT2D eigenvalue weighted by Crippen LogP contribution is 2.27. The van der Waals surface area contributed by atoms with Gasteiger partial charge in [0.2, 0.25) is 5.91 Å². The van der Waals surface area contributed by atoms with E-state index in [1.165, 1.54) is 13.2 Å². The zero-order chi connectivity index (χ0) is 16.0. The molecule has 0 aliphatic carbocycles. The van der Waals surface area contributed by atoms with Gasteiger partial charge in [0.25, 0.3) is 0 Å². The quantitative estimate of drug-likeness (QED) is 0.781. The molecule has 21 heavy (non-hydrogen) atoms. The Morgan fingerprint density at radius 2 is 2.05 bits per heavy atom. The Morgan fingerprint density at radius 1 is 1.38 bits per heavy atom. The van der Waals surface area contributed by atoms with Crippen LogP contribution >= 0.6 is 11.6 Å². The van der Waals surface area contributed by atoms with E-state index in [1.54, 1.807) is 12.1 Å². The van der Waals surface area contributed by atoms with Crippen LogP contribution in [0.25, 0.3) is 0 Å². The number of methoxy groups -OCH3 is 1. The number of nitrogens with two attached hydrogens (primary N) is 1. The van der Waals surface area contributed by atoms with Crippen molar-refractivity contribution >= 4 is 29.2 Å². The molecule has 0 saturated carbocycles. The van der Waals surface area contributed by atoms with Crippen LogP contribution in [0.15, 0.2) is 18.2 Å². The van der Waals surface area contributed by atoms with Crippen LogP contribution in [0.2, 0.25) is 5.02 Å². The summed E-state index contributed by atoms with van der Waals surface area (Å²) in [6.07, 6.45) is 0. The highest BCUT2D eigenvalue weighted by atomic mass is 35.5. The average molecular weight is 315 g/mol. The molecule has 0 spiro atoms. The van der Waals surface area contributed by atoms with Crippen LogP contribution in [0.4, 0.5) is 5.69 Å². The minimum absolute atomic E-state index is 0.0307. The molecule has 6 nitrogen and oxygen atoms in total. The van der Waals surface area contributed by atoms with Crippen LogP contribution in [-0.4, -0.2) is 31.6 Å². The fraction of sp³-hybridized carbons (Fsp3) is 0.429. The van der Waals surface area contributed by atoms with Crippen molar-refractivity contribution in [2.24, 2.45) is 11.7 Å². The Balaban J connectivity index is 2.69. The van der Waals surface area contributed by atoms with E-state index >= 15 is 0 Å². The van der Waals surface area contributed by atoms with Gasteiger partial charge in [-0.15, -0.1) is 0 Å². The Bertz CT molecular complexity index is 520. The average Bonchev–Trinajstić information content (AvgIpc) is 2.44. The van der Waals surface area contributed by atoms with Crippen molar-refractivity contribution in [1.82, 2.24) is 0 Å². The number of halogens is 1. The molecule has 116 valence electrons. The molecule has 1 rings (SSSR count). The number of benzene rings is 1. The molecule has 3 N–H and O–H groups in total. The zero-order valence-electron chi connectivity index (χ0n) is 12.2. The van der Waals surface area contributed by atoms with E-state index in [9.17, 15) is 9.59 Å². The first kappa shape index (κ1) is 17.3. The molecule has 0 saturated heterocycles. The van der Waals surface area contributed by atoms with Crippen LogP contribution in [0.5, 0.6) is 5.75 Å². The number of carbonyl (C=O) groups is 2. The second kappa shape index (κ2) is 7.85. The molecule has 7 heteroatoms. The Kier molecular flexibility index (Phi) is 6.45. The lowest BCUT2D eigenvalue weighted by Gasteiger charge is -2.16. The van der Waals surface area contributed by atoms with E-state index < -0.39 is 12.0 Å². The molecule has 0 heterocycles. The third-order valence-corrected chi connectivity index (χ3v) is 3.09. The molecular weight excluding hydrogens is 296 g/mol. The van der Waals surface area contributed by atoms with E-state index in [2.05, 4.69) is 10.1 Å². The molecule has 0 radical (unpaired) electrons. The van der Waals surface area contributed by atoms with Gasteiger partial charge in [-0.2, -0.15) is 0 Å². The number of nitrogens with one attached hydrogen (secondary N) is 1. The van der Waals surface area contributed by atoms with Gasteiger partial charge in [-0.05, 0) is 24.1 Å². The normalized spacial score (nSPS) is 11.9. The number of carbonyl (C=O) groups excluding carboxylic acids is 2. The first-order valence-electron chi connectivity index (χ1n) is 6.40. The second-order valence-corrected chi connectivity index (χ2v) is 5.18. The summed E-state index contributed by atoms with van der Waals surface area (Å²) in [6, 6.07) is 4.10. The van der Waals surface area contributed by atoms with Crippen molar-refractivity contribution in [2.75, 3.05) is 19.0 Å². The number of ether oxygens (including phenoxy) is 2. The Labute approximate surface area is 128 Å². The number of anilines is 1. The predicted octanol–water partition coefficient (Wildman–Crippen LogP) is 1.81. The maximum Gasteiger partial charge on any atom is 0.343 e. The third-order valence-electron chi connectivity index (χ3n) is 2.79. The third kappa shape index (κ3) is 5.24. The van der Waals surface area contributed by atoms with Gasteiger partial charge in [0.05, 0.1) is 18.2 Å². The predicted molar refractivity (Wildman–Crippen MR) is 80.4 cm³/mol. The maximum atomic E-state index is 11.8. The van der Waals surface area contributed by atoms with Gasteiger partial charge in [-0.25, -0.2) is 4.79 Å². The SMILES string of the molecule is COC(=O)COc1ccc(NC(=O)[C@@H](N)C(C)C)cc1Cl. The summed E-state index contributed by atoms with van der Waals surface area (Å²) in [7, 11) is 1.27. The van der Waals surface area contributed by atoms with Crippen LogP contribution in [0.1, 0.15) is 13.8 Å². The summed E-state index contributed by atoms with van der Waals surface area (Å²) in [5, 5.41) is 2.94. The number of rotatable bonds is 6. The number of hydrogen-bond acceptors (Lipinski definition) is 5. The van der Waals surface area contributed by atoms with Crippen molar-refractivity contribution in [3.8, 4) is 5.75 Å². The maximum absolute atomic E-state index is 11.8. The smallest absolute Gasteiger partial charge is 0.343 e. The van der Waals surface area contributed by atoms with Crippen molar-refractivity contribution in [1.29, 1.82) is 0 Å². The minimum atomic E-state index is -0.598. The molecule has 1 amide bonds. The fourth-order valence-corrected chi connectivity index (χ4v) is 1.65. The second-order valence-electron chi connectivity index (χ2n) is 4.77. The summed E-state index contributed by atoms with van der Waals surface area (Å²) >= 11 is 6.02. The van der Waals surface area contributed by atoms with Gasteiger partial charge in [-0.1, -0.05) is 25.4 Å². The molecule has 0 aliphatic heterocycles. The molecule has 0 aromatic heterocycles. The molecule has 0 bridgehead atoms. The van der Waals surface area contributed by atoms with E-state index in [4.69, 9.17) is 22.1 Å². The number of amides is 1. The molecule has 0 unspecified atom stereocenters. The van der Waals surface area contributed by atoms with Crippen molar-refractivity contribution in [3.63, 3.8) is 0 Å². The van der Waals surface area contributed by atoms with E-state index in [0.29, 0.717) is 11.4 Å². The standard InChI is InChI=1S/C14H19ClN2O4/c1-8(2)13(16)14(19)17-9-4-5-11(10(15)6-9)21-7-12(18)20-3/h4-6,8,13H,7,16H2,1-3H3,(H,17,19)/t13-/m0/s1. The van der Waals surface area contributed by atoms with Crippen LogP contribution in [0.3, 0.4) is 0 Å². The topological polar surface area (TPSA) is 90.6 Å². The monoisotopic (exact) mass is 314 g/mol. The molecule has 1 aromatic carbocycles. The number of esters is 1. The van der Waals surface area contributed by atoms with Gasteiger partial charge >= 0.3 is 5.97 Å². The summed E-state index contributed by atoms with van der Waals surface area (Å²) in [5.74, 6) is -0.438. The minimum Gasteiger partial charge on any atom is -0.480 e. The zero-order valence-corrected chi connectivity index (χ0v) is 12.9. The first-order chi connectivity index (χ1) is 9.85. The number of hydrogen-bond donors (Lipinski definition) is 2. The van der Waals surface area contributed by atoms with E-state index in [1.807, 2.05) is 13.8 Å². The first-order valence-corrected chi connectivity index (χ1v) is 6.78. The van der Waals surface area contributed by atoms with Gasteiger partial charge in [0.15, 0.2) is 6.61 Å². The van der Waals surface area contributed by atoms with Crippen molar-refractivity contribution < 1.29 is 19.1 Å². The van der Waals surface area contributed by atoms with Crippen LogP contribution in [0, 0.1) is 5.92 Å². The summed E-state index contributed by atoms with van der Waals surface area (Å²) in [5.41, 5.74) is 6.26. The highest BCUT2D eigenvalue weighted by Gasteiger charge is 2.17. The lowest BCUT2D eigenvalue weighted by atomic mass is 10.0. The van der Waals surface area contributed by atoms with Crippen molar-refractivity contribution in [3.05, 3.63) is 23.2 Å². The molecule has 0 aliphatic rings. The Hall–Kier alpha value is -1.79. The molecule has 1 atom stereocenters. The van der Waals surface area contributed by atoms with Crippen molar-refractivity contribution in [2.45, 2.75) is 19.9 Å². The Morgan fingerprint density at radius 3 is 2.57 bits per heavy atom.